The Balaban J connectivity index is 1.45. The largest absolute Gasteiger partial charge is 0.337 e. The molecule has 2 aliphatic rings. The molecule has 1 aliphatic carbocycles. The molecule has 3 aromatic heterocycles. The van der Waals surface area contributed by atoms with Gasteiger partial charge in [0.1, 0.15) is 4.83 Å². The molecule has 0 spiro atoms. The summed E-state index contributed by atoms with van der Waals surface area (Å²) in [6.07, 6.45) is 10.2. The summed E-state index contributed by atoms with van der Waals surface area (Å²) in [5.74, 6) is 0.494. The minimum atomic E-state index is 0.00178. The van der Waals surface area contributed by atoms with E-state index in [-0.39, 0.29) is 11.5 Å². The maximum Gasteiger partial charge on any atom is 0.262 e. The third-order valence-electron chi connectivity index (χ3n) is 5.92. The fraction of sp³-hybridized carbons (Fsp3) is 0.429. The van der Waals surface area contributed by atoms with E-state index in [0.717, 1.165) is 45.5 Å². The molecule has 0 aromatic carbocycles. The standard InChI is InChI=1S/C21H22N4O2S/c26-20(15-5-1-2-6-15)24-9-7-16-17(12-24)28-19-18(16)21(27)25(13-23-19)11-14-4-3-8-22-10-14/h3-4,8,10,13,15H,1-2,5-7,9,11-12H2. The predicted octanol–water partition coefficient (Wildman–Crippen LogP) is 2.98. The number of nitrogens with zero attached hydrogens (tertiary/aromatic N) is 4. The van der Waals surface area contributed by atoms with Crippen molar-refractivity contribution in [1.82, 2.24) is 19.4 Å². The summed E-state index contributed by atoms with van der Waals surface area (Å²) in [6, 6.07) is 3.83. The number of amides is 1. The smallest absolute Gasteiger partial charge is 0.262 e. The summed E-state index contributed by atoms with van der Waals surface area (Å²) in [6.45, 7) is 1.78. The van der Waals surface area contributed by atoms with Crippen molar-refractivity contribution in [2.24, 2.45) is 5.92 Å². The van der Waals surface area contributed by atoms with Crippen LogP contribution >= 0.6 is 11.3 Å². The first-order chi connectivity index (χ1) is 13.7. The number of fused-ring (bicyclic) bond motifs is 3. The van der Waals surface area contributed by atoms with Crippen molar-refractivity contribution in [3.8, 4) is 0 Å². The monoisotopic (exact) mass is 394 g/mol. The summed E-state index contributed by atoms with van der Waals surface area (Å²) >= 11 is 1.56. The molecule has 6 nitrogen and oxygen atoms in total. The molecular formula is C21H22N4O2S. The highest BCUT2D eigenvalue weighted by molar-refractivity contribution is 7.18. The second kappa shape index (κ2) is 7.13. The van der Waals surface area contributed by atoms with Gasteiger partial charge in [-0.3, -0.25) is 19.1 Å². The number of carbonyl (C=O) groups excluding carboxylic acids is 1. The minimum absolute atomic E-state index is 0.00178. The summed E-state index contributed by atoms with van der Waals surface area (Å²) in [7, 11) is 0. The van der Waals surface area contributed by atoms with Crippen LogP contribution in [0.5, 0.6) is 0 Å². The van der Waals surface area contributed by atoms with Crippen molar-refractivity contribution >= 4 is 27.5 Å². The average Bonchev–Trinajstić information content (AvgIpc) is 3.38. The van der Waals surface area contributed by atoms with Gasteiger partial charge in [0.25, 0.3) is 5.56 Å². The van der Waals surface area contributed by atoms with Crippen LogP contribution in [0.1, 0.15) is 41.7 Å². The Morgan fingerprint density at radius 3 is 2.93 bits per heavy atom. The summed E-state index contributed by atoms with van der Waals surface area (Å²) in [4.78, 5) is 38.5. The first-order valence-corrected chi connectivity index (χ1v) is 10.7. The lowest BCUT2D eigenvalue weighted by atomic mass is 10.0. The molecule has 0 saturated heterocycles. The summed E-state index contributed by atoms with van der Waals surface area (Å²) < 4.78 is 1.66. The van der Waals surface area contributed by atoms with Gasteiger partial charge in [0, 0.05) is 29.7 Å². The maximum absolute atomic E-state index is 13.1. The summed E-state index contributed by atoms with van der Waals surface area (Å²) in [5.41, 5.74) is 2.07. The van der Waals surface area contributed by atoms with E-state index in [1.165, 1.54) is 12.8 Å². The van der Waals surface area contributed by atoms with Crippen LogP contribution in [-0.4, -0.2) is 31.9 Å². The molecule has 0 unspecified atom stereocenters. The fourth-order valence-corrected chi connectivity index (χ4v) is 5.63. The fourth-order valence-electron chi connectivity index (χ4n) is 4.44. The Hall–Kier alpha value is -2.54. The number of pyridine rings is 1. The Morgan fingerprint density at radius 1 is 1.29 bits per heavy atom. The molecule has 7 heteroatoms. The predicted molar refractivity (Wildman–Crippen MR) is 108 cm³/mol. The van der Waals surface area contributed by atoms with Crippen molar-refractivity contribution in [1.29, 1.82) is 0 Å². The molecule has 4 heterocycles. The zero-order valence-corrected chi connectivity index (χ0v) is 16.5. The number of rotatable bonds is 3. The van der Waals surface area contributed by atoms with Crippen molar-refractivity contribution in [2.45, 2.75) is 45.2 Å². The first kappa shape index (κ1) is 17.6. The van der Waals surface area contributed by atoms with Gasteiger partial charge in [-0.25, -0.2) is 4.98 Å². The Morgan fingerprint density at radius 2 is 2.14 bits per heavy atom. The molecule has 28 heavy (non-hydrogen) atoms. The average molecular weight is 395 g/mol. The van der Waals surface area contributed by atoms with Crippen LogP contribution in [0.2, 0.25) is 0 Å². The SMILES string of the molecule is O=C(C1CCCC1)N1CCc2c(sc3ncn(Cc4cccnc4)c(=O)c23)C1. The van der Waals surface area contributed by atoms with Gasteiger partial charge in [-0.2, -0.15) is 0 Å². The van der Waals surface area contributed by atoms with Gasteiger partial charge in [0.05, 0.1) is 24.8 Å². The second-order valence-corrected chi connectivity index (χ2v) is 8.80. The van der Waals surface area contributed by atoms with Crippen LogP contribution in [0.3, 0.4) is 0 Å². The second-order valence-electron chi connectivity index (χ2n) is 7.71. The molecule has 1 fully saturated rings. The molecule has 5 rings (SSSR count). The van der Waals surface area contributed by atoms with Crippen LogP contribution in [0, 0.1) is 5.92 Å². The van der Waals surface area contributed by atoms with E-state index >= 15 is 0 Å². The molecule has 0 atom stereocenters. The van der Waals surface area contributed by atoms with E-state index in [4.69, 9.17) is 0 Å². The minimum Gasteiger partial charge on any atom is -0.337 e. The van der Waals surface area contributed by atoms with Crippen LogP contribution in [0.15, 0.2) is 35.6 Å². The molecule has 3 aromatic rings. The van der Waals surface area contributed by atoms with Crippen LogP contribution < -0.4 is 5.56 Å². The van der Waals surface area contributed by atoms with Crippen LogP contribution in [0.4, 0.5) is 0 Å². The Kier molecular flexibility index (Phi) is 4.47. The van der Waals surface area contributed by atoms with Gasteiger partial charge >= 0.3 is 0 Å². The highest BCUT2D eigenvalue weighted by Gasteiger charge is 2.31. The van der Waals surface area contributed by atoms with Gasteiger partial charge in [-0.05, 0) is 36.5 Å². The topological polar surface area (TPSA) is 68.1 Å². The lowest BCUT2D eigenvalue weighted by Gasteiger charge is -2.29. The molecule has 1 amide bonds. The first-order valence-electron chi connectivity index (χ1n) is 9.88. The van der Waals surface area contributed by atoms with Gasteiger partial charge in [-0.15, -0.1) is 11.3 Å². The normalized spacial score (nSPS) is 17.2. The molecule has 0 bridgehead atoms. The zero-order valence-electron chi connectivity index (χ0n) is 15.6. The molecule has 0 radical (unpaired) electrons. The van der Waals surface area contributed by atoms with Crippen molar-refractivity contribution in [2.75, 3.05) is 6.54 Å². The molecule has 0 N–H and O–H groups in total. The number of aromatic nitrogens is 3. The number of hydrogen-bond donors (Lipinski definition) is 0. The van der Waals surface area contributed by atoms with E-state index in [1.54, 1.807) is 34.6 Å². The highest BCUT2D eigenvalue weighted by Crippen LogP contribution is 2.34. The molecular weight excluding hydrogens is 372 g/mol. The Bertz CT molecular complexity index is 1080. The third kappa shape index (κ3) is 3.03. The van der Waals surface area contributed by atoms with E-state index in [0.29, 0.717) is 25.5 Å². The highest BCUT2D eigenvalue weighted by atomic mass is 32.1. The number of hydrogen-bond acceptors (Lipinski definition) is 5. The maximum atomic E-state index is 13.1. The number of carbonyl (C=O) groups is 1. The molecule has 1 aliphatic heterocycles. The quantitative estimate of drug-likeness (QED) is 0.685. The van der Waals surface area contributed by atoms with E-state index < -0.39 is 0 Å². The van der Waals surface area contributed by atoms with Gasteiger partial charge in [0.15, 0.2) is 0 Å². The van der Waals surface area contributed by atoms with E-state index in [2.05, 4.69) is 9.97 Å². The van der Waals surface area contributed by atoms with E-state index in [9.17, 15) is 9.59 Å². The van der Waals surface area contributed by atoms with Gasteiger partial charge < -0.3 is 4.90 Å². The van der Waals surface area contributed by atoms with Crippen LogP contribution in [0.25, 0.3) is 10.2 Å². The Labute approximate surface area is 166 Å². The van der Waals surface area contributed by atoms with E-state index in [1.807, 2.05) is 17.0 Å². The summed E-state index contributed by atoms with van der Waals surface area (Å²) in [5, 5.41) is 0.736. The molecule has 1 saturated carbocycles. The van der Waals surface area contributed by atoms with Gasteiger partial charge in [-0.1, -0.05) is 18.9 Å². The van der Waals surface area contributed by atoms with Crippen molar-refractivity contribution in [3.05, 3.63) is 57.2 Å². The van der Waals surface area contributed by atoms with Crippen molar-refractivity contribution in [3.63, 3.8) is 0 Å². The van der Waals surface area contributed by atoms with Gasteiger partial charge in [0.2, 0.25) is 5.91 Å². The molecule has 144 valence electrons. The van der Waals surface area contributed by atoms with Crippen molar-refractivity contribution < 1.29 is 4.79 Å². The van der Waals surface area contributed by atoms with Crippen LogP contribution in [-0.2, 0) is 24.3 Å². The lowest BCUT2D eigenvalue weighted by molar-refractivity contribution is -0.136. The third-order valence-corrected chi connectivity index (χ3v) is 7.04. The number of thiophene rings is 1. The zero-order chi connectivity index (χ0) is 19.1. The lowest BCUT2D eigenvalue weighted by Crippen LogP contribution is -2.38.